The van der Waals surface area contributed by atoms with Crippen LogP contribution in [-0.2, 0) is 0 Å². The molecular weight excluding hydrogens is 316 g/mol. The van der Waals surface area contributed by atoms with E-state index in [4.69, 9.17) is 4.52 Å². The Morgan fingerprint density at radius 1 is 1.39 bits per heavy atom. The highest BCUT2D eigenvalue weighted by molar-refractivity contribution is 6.00. The summed E-state index contributed by atoms with van der Waals surface area (Å²) in [7, 11) is 1.94. The van der Waals surface area contributed by atoms with Gasteiger partial charge >= 0.3 is 0 Å². The molecule has 1 aromatic carbocycles. The summed E-state index contributed by atoms with van der Waals surface area (Å²) in [5.41, 5.74) is 1.31. The summed E-state index contributed by atoms with van der Waals surface area (Å²) in [6.07, 6.45) is 2.11. The van der Waals surface area contributed by atoms with E-state index in [1.54, 1.807) is 6.92 Å². The maximum atomic E-state index is 12.9. The van der Waals surface area contributed by atoms with Crippen molar-refractivity contribution in [3.63, 3.8) is 0 Å². The van der Waals surface area contributed by atoms with Gasteiger partial charge in [-0.25, -0.2) is 0 Å². The lowest BCUT2D eigenvalue weighted by Gasteiger charge is -2.32. The number of piperidine rings is 1. The van der Waals surface area contributed by atoms with Gasteiger partial charge in [-0.2, -0.15) is 4.98 Å². The summed E-state index contributed by atoms with van der Waals surface area (Å²) >= 11 is 0. The van der Waals surface area contributed by atoms with Gasteiger partial charge in [-0.05, 0) is 38.9 Å². The maximum Gasteiger partial charge on any atom is 0.258 e. The molecule has 1 atom stereocenters. The normalized spacial score (nSPS) is 17.7. The van der Waals surface area contributed by atoms with E-state index < -0.39 is 0 Å². The van der Waals surface area contributed by atoms with Crippen molar-refractivity contribution in [1.82, 2.24) is 20.4 Å². The number of nitrogens with zero attached hydrogens (tertiary/aromatic N) is 3. The molecule has 0 bridgehead atoms. The second-order valence-electron chi connectivity index (χ2n) is 5.57. The molecule has 0 spiro atoms. The Balaban J connectivity index is 0.00000192. The summed E-state index contributed by atoms with van der Waals surface area (Å²) < 4.78 is 5.23. The summed E-state index contributed by atoms with van der Waals surface area (Å²) in [6, 6.07) is 7.76. The van der Waals surface area contributed by atoms with Gasteiger partial charge in [0.1, 0.15) is 0 Å². The van der Waals surface area contributed by atoms with Gasteiger partial charge in [0.05, 0.1) is 11.1 Å². The van der Waals surface area contributed by atoms with Crippen molar-refractivity contribution in [3.8, 4) is 11.5 Å². The molecule has 6 nitrogen and oxygen atoms in total. The highest BCUT2D eigenvalue weighted by atomic mass is 35.5. The zero-order valence-corrected chi connectivity index (χ0v) is 14.1. The van der Waals surface area contributed by atoms with Crippen LogP contribution < -0.4 is 5.32 Å². The Bertz CT molecular complexity index is 674. The highest BCUT2D eigenvalue weighted by Gasteiger charge is 2.26. The number of hydrogen-bond acceptors (Lipinski definition) is 5. The van der Waals surface area contributed by atoms with Crippen LogP contribution in [0.15, 0.2) is 28.8 Å². The minimum Gasteiger partial charge on any atom is -0.337 e. The van der Waals surface area contributed by atoms with E-state index in [0.29, 0.717) is 28.9 Å². The second kappa shape index (κ2) is 7.57. The summed E-state index contributed by atoms with van der Waals surface area (Å²) in [5, 5.41) is 7.07. The molecule has 1 fully saturated rings. The molecular formula is C16H21ClN4O2. The van der Waals surface area contributed by atoms with E-state index in [-0.39, 0.29) is 18.3 Å². The molecule has 7 heteroatoms. The first-order valence-corrected chi connectivity index (χ1v) is 7.55. The number of halogens is 1. The van der Waals surface area contributed by atoms with Crippen LogP contribution in [0.5, 0.6) is 0 Å². The lowest BCUT2D eigenvalue weighted by atomic mass is 10.0. The third-order valence-corrected chi connectivity index (χ3v) is 4.03. The van der Waals surface area contributed by atoms with E-state index in [1.807, 2.05) is 36.2 Å². The monoisotopic (exact) mass is 336 g/mol. The van der Waals surface area contributed by atoms with E-state index >= 15 is 0 Å². The van der Waals surface area contributed by atoms with Crippen molar-refractivity contribution >= 4 is 18.3 Å². The number of carbonyl (C=O) groups excluding carboxylic acids is 1. The Morgan fingerprint density at radius 3 is 2.87 bits per heavy atom. The average Bonchev–Trinajstić information content (AvgIpc) is 3.00. The predicted molar refractivity (Wildman–Crippen MR) is 89.7 cm³/mol. The zero-order valence-electron chi connectivity index (χ0n) is 13.3. The Labute approximate surface area is 141 Å². The first-order chi connectivity index (χ1) is 10.7. The summed E-state index contributed by atoms with van der Waals surface area (Å²) in [4.78, 5) is 19.0. The highest BCUT2D eigenvalue weighted by Crippen LogP contribution is 2.24. The largest absolute Gasteiger partial charge is 0.337 e. The Hall–Kier alpha value is -1.92. The van der Waals surface area contributed by atoms with E-state index in [0.717, 1.165) is 25.9 Å². The van der Waals surface area contributed by atoms with Gasteiger partial charge in [0.25, 0.3) is 11.8 Å². The van der Waals surface area contributed by atoms with Crippen molar-refractivity contribution < 1.29 is 9.32 Å². The van der Waals surface area contributed by atoms with Crippen LogP contribution in [0, 0.1) is 6.92 Å². The molecule has 1 aliphatic rings. The molecule has 2 aromatic rings. The van der Waals surface area contributed by atoms with Crippen LogP contribution in [0.4, 0.5) is 0 Å². The fraction of sp³-hybridized carbons (Fsp3) is 0.438. The molecule has 0 aliphatic carbocycles. The Morgan fingerprint density at radius 2 is 2.17 bits per heavy atom. The zero-order chi connectivity index (χ0) is 15.5. The molecule has 1 aromatic heterocycles. The molecule has 3 rings (SSSR count). The van der Waals surface area contributed by atoms with E-state index in [9.17, 15) is 4.79 Å². The van der Waals surface area contributed by atoms with Gasteiger partial charge in [0.2, 0.25) is 0 Å². The molecule has 23 heavy (non-hydrogen) atoms. The lowest BCUT2D eigenvalue weighted by molar-refractivity contribution is 0.0698. The molecule has 1 N–H and O–H groups in total. The van der Waals surface area contributed by atoms with Crippen molar-refractivity contribution in [1.29, 1.82) is 0 Å². The van der Waals surface area contributed by atoms with Gasteiger partial charge < -0.3 is 14.7 Å². The molecule has 1 saturated heterocycles. The number of aryl methyl sites for hydroxylation is 1. The standard InChI is InChI=1S/C16H20N4O2.ClH/c1-11-18-15(22-19-11)13-7-3-4-8-14(13)16(21)20-9-5-6-12(10-20)17-2;/h3-4,7-8,12,17H,5-6,9-10H2,1-2H3;1H. The maximum absolute atomic E-state index is 12.9. The number of likely N-dealkylation sites (N-methyl/N-ethyl adjacent to an activating group) is 1. The number of nitrogens with one attached hydrogen (secondary N) is 1. The minimum absolute atomic E-state index is 0. The number of hydrogen-bond donors (Lipinski definition) is 1. The van der Waals surface area contributed by atoms with Crippen LogP contribution in [0.25, 0.3) is 11.5 Å². The third kappa shape index (κ3) is 3.71. The van der Waals surface area contributed by atoms with Gasteiger partial charge in [-0.3, -0.25) is 4.79 Å². The van der Waals surface area contributed by atoms with Crippen molar-refractivity contribution in [2.24, 2.45) is 0 Å². The van der Waals surface area contributed by atoms with Crippen LogP contribution in [0.3, 0.4) is 0 Å². The van der Waals surface area contributed by atoms with Crippen LogP contribution >= 0.6 is 12.4 Å². The SMILES string of the molecule is CNC1CCCN(C(=O)c2ccccc2-c2nc(C)no2)C1.Cl. The van der Waals surface area contributed by atoms with E-state index in [2.05, 4.69) is 15.5 Å². The fourth-order valence-electron chi connectivity index (χ4n) is 2.83. The van der Waals surface area contributed by atoms with Gasteiger partial charge in [0.15, 0.2) is 5.82 Å². The molecule has 0 saturated carbocycles. The van der Waals surface area contributed by atoms with Crippen LogP contribution in [-0.4, -0.2) is 47.1 Å². The fourth-order valence-corrected chi connectivity index (χ4v) is 2.83. The van der Waals surface area contributed by atoms with Crippen molar-refractivity contribution in [2.75, 3.05) is 20.1 Å². The van der Waals surface area contributed by atoms with Crippen LogP contribution in [0.2, 0.25) is 0 Å². The molecule has 1 unspecified atom stereocenters. The molecule has 0 radical (unpaired) electrons. The first-order valence-electron chi connectivity index (χ1n) is 7.55. The number of rotatable bonds is 3. The quantitative estimate of drug-likeness (QED) is 0.931. The average molecular weight is 337 g/mol. The minimum atomic E-state index is 0. The number of likely N-dealkylation sites (tertiary alicyclic amines) is 1. The molecule has 124 valence electrons. The van der Waals surface area contributed by atoms with Crippen molar-refractivity contribution in [3.05, 3.63) is 35.7 Å². The Kier molecular flexibility index (Phi) is 5.74. The third-order valence-electron chi connectivity index (χ3n) is 4.03. The number of benzene rings is 1. The first kappa shape index (κ1) is 17.4. The topological polar surface area (TPSA) is 71.3 Å². The predicted octanol–water partition coefficient (Wildman–Crippen LogP) is 2.29. The number of aromatic nitrogens is 2. The number of carbonyl (C=O) groups is 1. The smallest absolute Gasteiger partial charge is 0.258 e. The second-order valence-corrected chi connectivity index (χ2v) is 5.57. The molecule has 1 amide bonds. The van der Waals surface area contributed by atoms with Crippen LogP contribution in [0.1, 0.15) is 29.0 Å². The molecule has 2 heterocycles. The summed E-state index contributed by atoms with van der Waals surface area (Å²) in [6.45, 7) is 3.28. The van der Waals surface area contributed by atoms with E-state index in [1.165, 1.54) is 0 Å². The number of amides is 1. The molecule has 1 aliphatic heterocycles. The summed E-state index contributed by atoms with van der Waals surface area (Å²) in [5.74, 6) is 0.973. The van der Waals surface area contributed by atoms with Gasteiger partial charge in [-0.15, -0.1) is 12.4 Å². The van der Waals surface area contributed by atoms with Gasteiger partial charge in [0, 0.05) is 19.1 Å². The van der Waals surface area contributed by atoms with Crippen molar-refractivity contribution in [2.45, 2.75) is 25.8 Å². The van der Waals surface area contributed by atoms with Gasteiger partial charge in [-0.1, -0.05) is 17.3 Å². The lowest BCUT2D eigenvalue weighted by Crippen LogP contribution is -2.47.